The van der Waals surface area contributed by atoms with Gasteiger partial charge in [-0.3, -0.25) is 0 Å². The zero-order chi connectivity index (χ0) is 12.7. The van der Waals surface area contributed by atoms with Crippen molar-refractivity contribution in [2.45, 2.75) is 6.92 Å². The lowest BCUT2D eigenvalue weighted by Gasteiger charge is -1.95. The Balaban J connectivity index is 2.13. The zero-order valence-corrected chi connectivity index (χ0v) is 10.3. The predicted molar refractivity (Wildman–Crippen MR) is 68.9 cm³/mol. The van der Waals surface area contributed by atoms with Gasteiger partial charge in [-0.1, -0.05) is 0 Å². The minimum atomic E-state index is -0.945. The maximum atomic E-state index is 11.0. The number of hydrogen-bond donors (Lipinski definition) is 2. The Kier molecular flexibility index (Phi) is 2.38. The van der Waals surface area contributed by atoms with E-state index in [0.29, 0.717) is 16.4 Å². The number of H-pyrrole nitrogens is 1. The highest BCUT2D eigenvalue weighted by atomic mass is 32.1. The Labute approximate surface area is 106 Å². The van der Waals surface area contributed by atoms with E-state index in [9.17, 15) is 4.79 Å². The first-order chi connectivity index (χ1) is 8.65. The summed E-state index contributed by atoms with van der Waals surface area (Å²) < 4.78 is 0. The van der Waals surface area contributed by atoms with Gasteiger partial charge < -0.3 is 10.1 Å². The van der Waals surface area contributed by atoms with Crippen LogP contribution in [-0.2, 0) is 0 Å². The Morgan fingerprint density at radius 2 is 2.17 bits per heavy atom. The average molecular weight is 259 g/mol. The first-order valence-corrected chi connectivity index (χ1v) is 6.12. The molecule has 0 radical (unpaired) electrons. The van der Waals surface area contributed by atoms with Crippen LogP contribution in [0.2, 0.25) is 0 Å². The molecule has 2 N–H and O–H groups in total. The van der Waals surface area contributed by atoms with Crippen molar-refractivity contribution in [2.24, 2.45) is 0 Å². The Hall–Kier alpha value is -2.21. The molecule has 0 aliphatic heterocycles. The number of aromatic amines is 1. The normalized spacial score (nSPS) is 10.9. The molecule has 0 aromatic carbocycles. The van der Waals surface area contributed by atoms with E-state index >= 15 is 0 Å². The second kappa shape index (κ2) is 3.92. The van der Waals surface area contributed by atoms with Crippen LogP contribution in [0, 0.1) is 6.92 Å². The van der Waals surface area contributed by atoms with Crippen molar-refractivity contribution in [3.63, 3.8) is 0 Å². The molecular formula is C12H9N3O2S. The summed E-state index contributed by atoms with van der Waals surface area (Å²) in [7, 11) is 0. The van der Waals surface area contributed by atoms with Crippen LogP contribution in [0.4, 0.5) is 0 Å². The van der Waals surface area contributed by atoms with Gasteiger partial charge in [0.1, 0.15) is 9.88 Å². The number of aromatic nitrogens is 3. The molecule has 3 aromatic heterocycles. The SMILES string of the molecule is Cc1nc(-c2ccc3[nH]ccc3n2)sc1C(=O)O. The molecule has 0 saturated heterocycles. The molecule has 90 valence electrons. The summed E-state index contributed by atoms with van der Waals surface area (Å²) in [5, 5.41) is 9.64. The van der Waals surface area contributed by atoms with Crippen molar-refractivity contribution in [2.75, 3.05) is 0 Å². The number of thiazole rings is 1. The van der Waals surface area contributed by atoms with Crippen molar-refractivity contribution < 1.29 is 9.90 Å². The van der Waals surface area contributed by atoms with E-state index in [-0.39, 0.29) is 4.88 Å². The van der Waals surface area contributed by atoms with Gasteiger partial charge in [0.2, 0.25) is 0 Å². The van der Waals surface area contributed by atoms with Gasteiger partial charge in [0.15, 0.2) is 0 Å². The maximum Gasteiger partial charge on any atom is 0.347 e. The number of rotatable bonds is 2. The number of fused-ring (bicyclic) bond motifs is 1. The van der Waals surface area contributed by atoms with Gasteiger partial charge in [-0.05, 0) is 25.1 Å². The van der Waals surface area contributed by atoms with Crippen LogP contribution in [0.5, 0.6) is 0 Å². The van der Waals surface area contributed by atoms with Gasteiger partial charge >= 0.3 is 5.97 Å². The van der Waals surface area contributed by atoms with E-state index in [4.69, 9.17) is 5.11 Å². The second-order valence-corrected chi connectivity index (χ2v) is 4.84. The highest BCUT2D eigenvalue weighted by Crippen LogP contribution is 2.27. The summed E-state index contributed by atoms with van der Waals surface area (Å²) >= 11 is 1.15. The third-order valence-corrected chi connectivity index (χ3v) is 3.78. The summed E-state index contributed by atoms with van der Waals surface area (Å²) in [4.78, 5) is 23.0. The van der Waals surface area contributed by atoms with Crippen LogP contribution in [0.1, 0.15) is 15.4 Å². The fourth-order valence-electron chi connectivity index (χ4n) is 1.76. The lowest BCUT2D eigenvalue weighted by Crippen LogP contribution is -1.94. The first kappa shape index (κ1) is 10.9. The van der Waals surface area contributed by atoms with Gasteiger partial charge in [0, 0.05) is 6.20 Å². The molecule has 3 aromatic rings. The van der Waals surface area contributed by atoms with Crippen LogP contribution >= 0.6 is 11.3 Å². The summed E-state index contributed by atoms with van der Waals surface area (Å²) in [5.74, 6) is -0.945. The second-order valence-electron chi connectivity index (χ2n) is 3.85. The molecule has 3 rings (SSSR count). The smallest absolute Gasteiger partial charge is 0.347 e. The number of aromatic carboxylic acids is 1. The Morgan fingerprint density at radius 1 is 1.33 bits per heavy atom. The van der Waals surface area contributed by atoms with Crippen LogP contribution in [0.25, 0.3) is 21.7 Å². The number of carboxylic acids is 1. The molecule has 0 bridgehead atoms. The number of pyridine rings is 1. The third-order valence-electron chi connectivity index (χ3n) is 2.61. The molecule has 0 fully saturated rings. The molecular weight excluding hydrogens is 250 g/mol. The number of hydrogen-bond acceptors (Lipinski definition) is 4. The van der Waals surface area contributed by atoms with Crippen LogP contribution < -0.4 is 0 Å². The van der Waals surface area contributed by atoms with E-state index in [1.807, 2.05) is 24.4 Å². The molecule has 0 spiro atoms. The quantitative estimate of drug-likeness (QED) is 0.741. The number of carbonyl (C=O) groups is 1. The molecule has 18 heavy (non-hydrogen) atoms. The van der Waals surface area contributed by atoms with E-state index < -0.39 is 5.97 Å². The molecule has 5 nitrogen and oxygen atoms in total. The van der Waals surface area contributed by atoms with E-state index in [1.54, 1.807) is 6.92 Å². The van der Waals surface area contributed by atoms with Crippen molar-refractivity contribution in [1.29, 1.82) is 0 Å². The largest absolute Gasteiger partial charge is 0.477 e. The predicted octanol–water partition coefficient (Wildman–Crippen LogP) is 2.69. The van der Waals surface area contributed by atoms with Crippen molar-refractivity contribution >= 4 is 28.3 Å². The Bertz CT molecular complexity index is 745. The van der Waals surface area contributed by atoms with Crippen LogP contribution in [-0.4, -0.2) is 26.0 Å². The topological polar surface area (TPSA) is 78.9 Å². The molecule has 0 amide bonds. The average Bonchev–Trinajstić information content (AvgIpc) is 2.93. The summed E-state index contributed by atoms with van der Waals surface area (Å²) in [6.07, 6.45) is 1.82. The van der Waals surface area contributed by atoms with Crippen molar-refractivity contribution in [3.05, 3.63) is 35.0 Å². The fraction of sp³-hybridized carbons (Fsp3) is 0.0833. The summed E-state index contributed by atoms with van der Waals surface area (Å²) in [6, 6.07) is 5.62. The van der Waals surface area contributed by atoms with Crippen LogP contribution in [0.3, 0.4) is 0 Å². The lowest BCUT2D eigenvalue weighted by molar-refractivity contribution is 0.0701. The number of nitrogens with one attached hydrogen (secondary N) is 1. The van der Waals surface area contributed by atoms with Gasteiger partial charge in [-0.2, -0.15) is 0 Å². The minimum Gasteiger partial charge on any atom is -0.477 e. The standard InChI is InChI=1S/C12H9N3O2S/c1-6-10(12(16)17)18-11(14-6)9-3-2-7-8(15-9)4-5-13-7/h2-5,13H,1H3,(H,16,17). The molecule has 0 atom stereocenters. The van der Waals surface area contributed by atoms with Gasteiger partial charge in [-0.25, -0.2) is 14.8 Å². The maximum absolute atomic E-state index is 11.0. The first-order valence-electron chi connectivity index (χ1n) is 5.30. The highest BCUT2D eigenvalue weighted by molar-refractivity contribution is 7.17. The van der Waals surface area contributed by atoms with E-state index in [0.717, 1.165) is 22.4 Å². The van der Waals surface area contributed by atoms with Crippen molar-refractivity contribution in [3.8, 4) is 10.7 Å². The van der Waals surface area contributed by atoms with E-state index in [1.165, 1.54) is 0 Å². The van der Waals surface area contributed by atoms with Gasteiger partial charge in [0.05, 0.1) is 22.4 Å². The molecule has 0 aliphatic rings. The fourth-order valence-corrected chi connectivity index (χ4v) is 2.63. The number of nitrogens with zero attached hydrogens (tertiary/aromatic N) is 2. The number of aryl methyl sites for hydroxylation is 1. The molecule has 3 heterocycles. The molecule has 6 heteroatoms. The Morgan fingerprint density at radius 3 is 2.89 bits per heavy atom. The molecule has 0 unspecified atom stereocenters. The van der Waals surface area contributed by atoms with Crippen molar-refractivity contribution in [1.82, 2.24) is 15.0 Å². The third kappa shape index (κ3) is 1.67. The summed E-state index contributed by atoms with van der Waals surface area (Å²) in [5.41, 5.74) is 3.02. The van der Waals surface area contributed by atoms with Gasteiger partial charge in [0.25, 0.3) is 0 Å². The minimum absolute atomic E-state index is 0.265. The number of carboxylic acid groups (broad SMARTS) is 1. The van der Waals surface area contributed by atoms with E-state index in [2.05, 4.69) is 15.0 Å². The monoisotopic (exact) mass is 259 g/mol. The molecule has 0 saturated carbocycles. The zero-order valence-electron chi connectivity index (χ0n) is 9.47. The molecule has 0 aliphatic carbocycles. The highest BCUT2D eigenvalue weighted by Gasteiger charge is 2.15. The van der Waals surface area contributed by atoms with Crippen LogP contribution in [0.15, 0.2) is 24.4 Å². The summed E-state index contributed by atoms with van der Waals surface area (Å²) in [6.45, 7) is 1.69. The lowest BCUT2D eigenvalue weighted by atomic mass is 10.3. The van der Waals surface area contributed by atoms with Gasteiger partial charge in [-0.15, -0.1) is 11.3 Å².